The van der Waals surface area contributed by atoms with Gasteiger partial charge in [0.15, 0.2) is 11.6 Å². The number of nitrogens with zero attached hydrogens (tertiary/aromatic N) is 2. The molecule has 3 aliphatic heterocycles. The average Bonchev–Trinajstić information content (AvgIpc) is 2.78. The maximum Gasteiger partial charge on any atom is 0.227 e. The minimum Gasteiger partial charge on any atom is -0.338 e. The zero-order chi connectivity index (χ0) is 16.7. The van der Waals surface area contributed by atoms with E-state index in [0.717, 1.165) is 32.0 Å². The number of rotatable bonds is 4. The summed E-state index contributed by atoms with van der Waals surface area (Å²) in [5.41, 5.74) is 0.384. The average molecular weight is 334 g/mol. The van der Waals surface area contributed by atoms with E-state index in [0.29, 0.717) is 24.6 Å². The zero-order valence-corrected chi connectivity index (χ0v) is 13.9. The van der Waals surface area contributed by atoms with E-state index in [2.05, 4.69) is 9.80 Å². The number of hydrogen-bond donors (Lipinski definition) is 0. The third-order valence-electron chi connectivity index (χ3n) is 5.97. The lowest BCUT2D eigenvalue weighted by molar-refractivity contribution is -0.141. The summed E-state index contributed by atoms with van der Waals surface area (Å²) < 4.78 is 27.4. The maximum absolute atomic E-state index is 14.0. The van der Waals surface area contributed by atoms with Gasteiger partial charge in [0.2, 0.25) is 5.91 Å². The summed E-state index contributed by atoms with van der Waals surface area (Å²) in [5, 5.41) is 0. The first kappa shape index (κ1) is 16.0. The van der Waals surface area contributed by atoms with Crippen LogP contribution < -0.4 is 0 Å². The molecular weight excluding hydrogens is 310 g/mol. The Morgan fingerprint density at radius 1 is 1.08 bits per heavy atom. The summed E-state index contributed by atoms with van der Waals surface area (Å²) in [5.74, 6) is -0.594. The van der Waals surface area contributed by atoms with Crippen molar-refractivity contribution in [3.63, 3.8) is 0 Å². The van der Waals surface area contributed by atoms with Gasteiger partial charge in [-0.05, 0) is 37.7 Å². The molecule has 130 valence electrons. The van der Waals surface area contributed by atoms with Gasteiger partial charge in [-0.2, -0.15) is 0 Å². The van der Waals surface area contributed by atoms with E-state index in [1.807, 2.05) is 0 Å². The van der Waals surface area contributed by atoms with E-state index in [4.69, 9.17) is 0 Å². The van der Waals surface area contributed by atoms with Gasteiger partial charge >= 0.3 is 0 Å². The van der Waals surface area contributed by atoms with Crippen molar-refractivity contribution in [2.45, 2.75) is 44.7 Å². The molecule has 5 heteroatoms. The van der Waals surface area contributed by atoms with Crippen LogP contribution in [0, 0.1) is 23.5 Å². The third-order valence-corrected chi connectivity index (χ3v) is 5.97. The van der Waals surface area contributed by atoms with Crippen LogP contribution in [0.25, 0.3) is 0 Å². The molecule has 3 saturated heterocycles. The highest BCUT2D eigenvalue weighted by Crippen LogP contribution is 2.34. The molecule has 1 aliphatic carbocycles. The molecule has 1 saturated carbocycles. The molecule has 4 fully saturated rings. The molecule has 2 bridgehead atoms. The lowest BCUT2D eigenvalue weighted by atomic mass is 9.83. The molecule has 0 unspecified atom stereocenters. The Bertz CT molecular complexity index is 632. The largest absolute Gasteiger partial charge is 0.338 e. The van der Waals surface area contributed by atoms with Gasteiger partial charge in [0.05, 0.1) is 5.92 Å². The molecule has 1 aromatic carbocycles. The first-order valence-corrected chi connectivity index (χ1v) is 9.07. The van der Waals surface area contributed by atoms with Crippen LogP contribution in [-0.4, -0.2) is 41.4 Å². The summed E-state index contributed by atoms with van der Waals surface area (Å²) >= 11 is 0. The Kier molecular flexibility index (Phi) is 4.29. The predicted octanol–water partition coefficient (Wildman–Crippen LogP) is 3.19. The van der Waals surface area contributed by atoms with Crippen LogP contribution in [0.2, 0.25) is 0 Å². The SMILES string of the molecule is O=C1[C@H]2CC[C@H](CN(Cc3cccc(F)c3F)C2)N1CC1CCC1. The Morgan fingerprint density at radius 2 is 1.92 bits per heavy atom. The van der Waals surface area contributed by atoms with Gasteiger partial charge in [0.25, 0.3) is 0 Å². The van der Waals surface area contributed by atoms with Crippen LogP contribution in [-0.2, 0) is 11.3 Å². The van der Waals surface area contributed by atoms with Gasteiger partial charge < -0.3 is 4.90 Å². The molecule has 3 heterocycles. The van der Waals surface area contributed by atoms with E-state index in [1.165, 1.54) is 19.3 Å². The second-order valence-corrected chi connectivity index (χ2v) is 7.62. The highest BCUT2D eigenvalue weighted by molar-refractivity contribution is 5.80. The fourth-order valence-electron chi connectivity index (χ4n) is 4.36. The second-order valence-electron chi connectivity index (χ2n) is 7.62. The van der Waals surface area contributed by atoms with Crippen molar-refractivity contribution in [1.82, 2.24) is 9.80 Å². The molecule has 0 radical (unpaired) electrons. The summed E-state index contributed by atoms with van der Waals surface area (Å²) in [6.45, 7) is 2.70. The van der Waals surface area contributed by atoms with Crippen LogP contribution in [0.15, 0.2) is 18.2 Å². The van der Waals surface area contributed by atoms with Crippen molar-refractivity contribution in [1.29, 1.82) is 0 Å². The van der Waals surface area contributed by atoms with Crippen LogP contribution in [0.4, 0.5) is 8.78 Å². The summed E-state index contributed by atoms with van der Waals surface area (Å²) in [7, 11) is 0. The highest BCUT2D eigenvalue weighted by atomic mass is 19.2. The molecule has 0 N–H and O–H groups in total. The third kappa shape index (κ3) is 2.94. The van der Waals surface area contributed by atoms with Crippen molar-refractivity contribution < 1.29 is 13.6 Å². The number of amides is 1. The number of benzene rings is 1. The Labute approximate surface area is 141 Å². The molecule has 0 aromatic heterocycles. The zero-order valence-electron chi connectivity index (χ0n) is 13.9. The first-order valence-electron chi connectivity index (χ1n) is 9.07. The maximum atomic E-state index is 14.0. The van der Waals surface area contributed by atoms with Crippen molar-refractivity contribution in [2.75, 3.05) is 19.6 Å². The molecule has 2 atom stereocenters. The van der Waals surface area contributed by atoms with Crippen LogP contribution >= 0.6 is 0 Å². The van der Waals surface area contributed by atoms with Crippen LogP contribution in [0.5, 0.6) is 0 Å². The first-order chi connectivity index (χ1) is 11.6. The van der Waals surface area contributed by atoms with Gasteiger partial charge in [0, 0.05) is 37.8 Å². The monoisotopic (exact) mass is 334 g/mol. The van der Waals surface area contributed by atoms with Gasteiger partial charge in [-0.3, -0.25) is 9.69 Å². The van der Waals surface area contributed by atoms with Crippen molar-refractivity contribution >= 4 is 5.91 Å². The summed E-state index contributed by atoms with van der Waals surface area (Å²) in [6, 6.07) is 4.57. The molecule has 1 aromatic rings. The number of carbonyl (C=O) groups excluding carboxylic acids is 1. The van der Waals surface area contributed by atoms with Crippen molar-refractivity contribution in [3.8, 4) is 0 Å². The normalized spacial score (nSPS) is 28.1. The fourth-order valence-corrected chi connectivity index (χ4v) is 4.36. The molecular formula is C19H24F2N2O. The number of halogens is 2. The van der Waals surface area contributed by atoms with Crippen molar-refractivity contribution in [3.05, 3.63) is 35.4 Å². The van der Waals surface area contributed by atoms with Gasteiger partial charge in [-0.25, -0.2) is 8.78 Å². The molecule has 3 nitrogen and oxygen atoms in total. The number of carbonyl (C=O) groups is 1. The predicted molar refractivity (Wildman–Crippen MR) is 87.2 cm³/mol. The Hall–Kier alpha value is -1.49. The lowest BCUT2D eigenvalue weighted by Crippen LogP contribution is -2.50. The van der Waals surface area contributed by atoms with Gasteiger partial charge in [0.1, 0.15) is 0 Å². The number of fused-ring (bicyclic) bond motifs is 4. The molecule has 24 heavy (non-hydrogen) atoms. The molecule has 0 spiro atoms. The van der Waals surface area contributed by atoms with E-state index in [9.17, 15) is 13.6 Å². The fraction of sp³-hybridized carbons (Fsp3) is 0.632. The minimum absolute atomic E-state index is 0.0143. The van der Waals surface area contributed by atoms with Crippen LogP contribution in [0.1, 0.15) is 37.7 Å². The van der Waals surface area contributed by atoms with Crippen LogP contribution in [0.3, 0.4) is 0 Å². The smallest absolute Gasteiger partial charge is 0.227 e. The molecule has 4 aliphatic rings. The van der Waals surface area contributed by atoms with Crippen molar-refractivity contribution in [2.24, 2.45) is 11.8 Å². The number of hydrogen-bond acceptors (Lipinski definition) is 2. The van der Waals surface area contributed by atoms with Gasteiger partial charge in [-0.15, -0.1) is 0 Å². The Morgan fingerprint density at radius 3 is 2.67 bits per heavy atom. The molecule has 5 rings (SSSR count). The Balaban J connectivity index is 1.49. The summed E-state index contributed by atoms with van der Waals surface area (Å²) in [6.07, 6.45) is 5.71. The second kappa shape index (κ2) is 6.43. The topological polar surface area (TPSA) is 23.6 Å². The van der Waals surface area contributed by atoms with E-state index in [1.54, 1.807) is 12.1 Å². The summed E-state index contributed by atoms with van der Waals surface area (Å²) in [4.78, 5) is 17.0. The quantitative estimate of drug-likeness (QED) is 0.844. The van der Waals surface area contributed by atoms with Gasteiger partial charge in [-0.1, -0.05) is 18.6 Å². The highest BCUT2D eigenvalue weighted by Gasteiger charge is 2.41. The van der Waals surface area contributed by atoms with E-state index >= 15 is 0 Å². The minimum atomic E-state index is -0.798. The standard InChI is InChI=1S/C19H24F2N2O/c20-17-6-2-5-14(18(17)21)10-22-11-15-7-8-16(12-22)23(19(15)24)9-13-3-1-4-13/h2,5-6,13,15-16H,1,3-4,7-12H2/t15-,16+/m0/s1. The van der Waals surface area contributed by atoms with E-state index < -0.39 is 11.6 Å². The number of piperidine rings is 1. The lowest BCUT2D eigenvalue weighted by Gasteiger charge is -2.40. The molecule has 1 amide bonds. The van der Waals surface area contributed by atoms with E-state index in [-0.39, 0.29) is 17.9 Å².